The van der Waals surface area contributed by atoms with E-state index < -0.39 is 0 Å². The molecule has 0 aliphatic heterocycles. The molecule has 1 aliphatic carbocycles. The summed E-state index contributed by atoms with van der Waals surface area (Å²) in [4.78, 5) is 0. The van der Waals surface area contributed by atoms with E-state index in [0.717, 1.165) is 23.6 Å². The number of para-hydroxylation sites is 1. The molecule has 4 rings (SSSR count). The fourth-order valence-electron chi connectivity index (χ4n) is 4.41. The summed E-state index contributed by atoms with van der Waals surface area (Å²) in [6.07, 6.45) is 6.25. The number of nitrogens with zero attached hydrogens (tertiary/aromatic N) is 1. The smallest absolute Gasteiger partial charge is 0.121 e. The van der Waals surface area contributed by atoms with Gasteiger partial charge in [0.25, 0.3) is 0 Å². The molecule has 0 unspecified atom stereocenters. The van der Waals surface area contributed by atoms with Crippen molar-refractivity contribution in [2.24, 2.45) is 0 Å². The fraction of sp³-hybridized carbons (Fsp3) is 0.417. The van der Waals surface area contributed by atoms with Crippen molar-refractivity contribution in [1.29, 1.82) is 0 Å². The number of nitrogens with two attached hydrogens (primary N) is 1. The molecule has 1 heterocycles. The van der Waals surface area contributed by atoms with Crippen molar-refractivity contribution in [1.82, 2.24) is 4.57 Å². The lowest BCUT2D eigenvalue weighted by Gasteiger charge is -2.22. The molecule has 0 saturated heterocycles. The van der Waals surface area contributed by atoms with Gasteiger partial charge in [0, 0.05) is 16.6 Å². The second-order valence-electron chi connectivity index (χ2n) is 7.95. The Hall–Kier alpha value is -2.30. The quantitative estimate of drug-likeness (QED) is 0.659. The van der Waals surface area contributed by atoms with Crippen LogP contribution < -0.4 is 10.1 Å². The van der Waals surface area contributed by atoms with E-state index in [1.165, 1.54) is 43.0 Å². The van der Waals surface area contributed by atoms with E-state index in [-0.39, 0.29) is 6.10 Å². The summed E-state index contributed by atoms with van der Waals surface area (Å²) in [5, 5.41) is 14.4. The number of hydrogen-bond donors (Lipinski definition) is 2. The van der Waals surface area contributed by atoms with Crippen molar-refractivity contribution in [2.45, 2.75) is 50.8 Å². The zero-order chi connectivity index (χ0) is 19.3. The van der Waals surface area contributed by atoms with Gasteiger partial charge in [-0.15, -0.1) is 0 Å². The first kappa shape index (κ1) is 19.0. The minimum absolute atomic E-state index is 0.366. The van der Waals surface area contributed by atoms with Gasteiger partial charge in [0.1, 0.15) is 18.4 Å². The lowest BCUT2D eigenvalue weighted by molar-refractivity contribution is -0.697. The molecule has 3 aromatic rings. The van der Waals surface area contributed by atoms with Crippen molar-refractivity contribution < 1.29 is 15.2 Å². The summed E-state index contributed by atoms with van der Waals surface area (Å²) >= 11 is 0. The predicted molar refractivity (Wildman–Crippen MR) is 114 cm³/mol. The van der Waals surface area contributed by atoms with Gasteiger partial charge in [-0.25, -0.2) is 0 Å². The molecule has 2 aromatic carbocycles. The van der Waals surface area contributed by atoms with Gasteiger partial charge < -0.3 is 19.7 Å². The predicted octanol–water partition coefficient (Wildman–Crippen LogP) is 3.57. The first-order valence-electron chi connectivity index (χ1n) is 10.5. The molecule has 1 aliphatic rings. The zero-order valence-corrected chi connectivity index (χ0v) is 16.7. The molecule has 4 heteroatoms. The summed E-state index contributed by atoms with van der Waals surface area (Å²) in [6, 6.07) is 19.5. The molecule has 148 valence electrons. The lowest BCUT2D eigenvalue weighted by Crippen LogP contribution is -2.92. The maximum atomic E-state index is 10.8. The van der Waals surface area contributed by atoms with Crippen LogP contribution in [0.25, 0.3) is 22.2 Å². The molecule has 1 saturated carbocycles. The van der Waals surface area contributed by atoms with Crippen molar-refractivity contribution >= 4 is 10.9 Å². The summed E-state index contributed by atoms with van der Waals surface area (Å²) in [5.41, 5.74) is 3.45. The molecule has 0 bridgehead atoms. The number of quaternary nitrogens is 1. The Bertz CT molecular complexity index is 895. The van der Waals surface area contributed by atoms with E-state index in [4.69, 9.17) is 4.74 Å². The minimum Gasteiger partial charge on any atom is -0.497 e. The second-order valence-corrected chi connectivity index (χ2v) is 7.95. The molecule has 0 radical (unpaired) electrons. The largest absolute Gasteiger partial charge is 0.497 e. The normalized spacial score (nSPS) is 16.4. The highest BCUT2D eigenvalue weighted by Crippen LogP contribution is 2.29. The van der Waals surface area contributed by atoms with Crippen molar-refractivity contribution in [3.05, 3.63) is 54.6 Å². The molecule has 1 fully saturated rings. The number of benzene rings is 2. The van der Waals surface area contributed by atoms with Gasteiger partial charge in [0.2, 0.25) is 0 Å². The molecule has 4 nitrogen and oxygen atoms in total. The number of ether oxygens (including phenoxy) is 1. The fourth-order valence-corrected chi connectivity index (χ4v) is 4.41. The topological polar surface area (TPSA) is 51.0 Å². The number of hydrogen-bond acceptors (Lipinski definition) is 2. The third-order valence-electron chi connectivity index (χ3n) is 5.98. The lowest BCUT2D eigenvalue weighted by atomic mass is 9.95. The third kappa shape index (κ3) is 4.23. The van der Waals surface area contributed by atoms with Crippen LogP contribution in [-0.4, -0.2) is 35.5 Å². The van der Waals surface area contributed by atoms with E-state index in [9.17, 15) is 5.11 Å². The number of fused-ring (bicyclic) bond motifs is 1. The molecule has 3 N–H and O–H groups in total. The molecular formula is C24H31N2O2+. The molecule has 28 heavy (non-hydrogen) atoms. The molecular weight excluding hydrogens is 348 g/mol. The van der Waals surface area contributed by atoms with Crippen LogP contribution in [-0.2, 0) is 6.54 Å². The number of aliphatic hydroxyl groups excluding tert-OH is 1. The van der Waals surface area contributed by atoms with E-state index in [1.54, 1.807) is 7.11 Å². The Morgan fingerprint density at radius 2 is 1.82 bits per heavy atom. The van der Waals surface area contributed by atoms with Gasteiger partial charge in [0.15, 0.2) is 0 Å². The summed E-state index contributed by atoms with van der Waals surface area (Å²) in [7, 11) is 1.69. The van der Waals surface area contributed by atoms with Gasteiger partial charge in [-0.1, -0.05) is 24.6 Å². The molecule has 1 atom stereocenters. The van der Waals surface area contributed by atoms with Crippen molar-refractivity contribution in [2.75, 3.05) is 13.7 Å². The van der Waals surface area contributed by atoms with Crippen molar-refractivity contribution in [3.63, 3.8) is 0 Å². The minimum atomic E-state index is -0.366. The highest BCUT2D eigenvalue weighted by atomic mass is 16.5. The van der Waals surface area contributed by atoms with Crippen LogP contribution in [0.4, 0.5) is 0 Å². The highest BCUT2D eigenvalue weighted by molar-refractivity contribution is 5.87. The molecule has 1 aromatic heterocycles. The van der Waals surface area contributed by atoms with Crippen LogP contribution in [0.15, 0.2) is 54.6 Å². The van der Waals surface area contributed by atoms with E-state index in [1.807, 2.05) is 12.1 Å². The first-order chi connectivity index (χ1) is 13.7. The SMILES string of the molecule is COc1ccc(-c2cc3ccccc3n2C[C@@H](O)C[NH2+]C2CCCCC2)cc1. The number of rotatable bonds is 7. The number of aromatic nitrogens is 1. The van der Waals surface area contributed by atoms with Gasteiger partial charge in [-0.3, -0.25) is 0 Å². The maximum Gasteiger partial charge on any atom is 0.121 e. The van der Waals surface area contributed by atoms with Crippen LogP contribution in [0.2, 0.25) is 0 Å². The Morgan fingerprint density at radius 1 is 1.07 bits per heavy atom. The van der Waals surface area contributed by atoms with Gasteiger partial charge in [0.05, 0.1) is 19.7 Å². The van der Waals surface area contributed by atoms with E-state index >= 15 is 0 Å². The molecule has 0 spiro atoms. The highest BCUT2D eigenvalue weighted by Gasteiger charge is 2.19. The van der Waals surface area contributed by atoms with Crippen LogP contribution >= 0.6 is 0 Å². The Balaban J connectivity index is 1.55. The summed E-state index contributed by atoms with van der Waals surface area (Å²) in [6.45, 7) is 1.37. The maximum absolute atomic E-state index is 10.8. The van der Waals surface area contributed by atoms with Crippen molar-refractivity contribution in [3.8, 4) is 17.0 Å². The van der Waals surface area contributed by atoms with E-state index in [2.05, 4.69) is 52.3 Å². The van der Waals surface area contributed by atoms with Crippen LogP contribution in [0.1, 0.15) is 32.1 Å². The third-order valence-corrected chi connectivity index (χ3v) is 5.98. The standard InChI is InChI=1S/C24H30N2O2/c1-28-22-13-11-18(12-14-22)24-15-19-7-5-6-10-23(19)26(24)17-21(27)16-25-20-8-3-2-4-9-20/h5-7,10-15,20-21,25,27H,2-4,8-9,16-17H2,1H3/p+1/t21-/m0/s1. The number of aliphatic hydroxyl groups is 1. The Kier molecular flexibility index (Phi) is 5.98. The van der Waals surface area contributed by atoms with Gasteiger partial charge >= 0.3 is 0 Å². The zero-order valence-electron chi connectivity index (χ0n) is 16.7. The van der Waals surface area contributed by atoms with Gasteiger partial charge in [-0.05, 0) is 67.6 Å². The summed E-state index contributed by atoms with van der Waals surface area (Å²) < 4.78 is 7.56. The monoisotopic (exact) mass is 379 g/mol. The summed E-state index contributed by atoms with van der Waals surface area (Å²) in [5.74, 6) is 0.855. The average molecular weight is 380 g/mol. The average Bonchev–Trinajstić information content (AvgIpc) is 3.11. The Labute approximate surface area is 167 Å². The Morgan fingerprint density at radius 3 is 2.57 bits per heavy atom. The second kappa shape index (κ2) is 8.80. The molecule has 0 amide bonds. The van der Waals surface area contributed by atoms with Gasteiger partial charge in [-0.2, -0.15) is 0 Å². The van der Waals surface area contributed by atoms with Crippen LogP contribution in [0, 0.1) is 0 Å². The van der Waals surface area contributed by atoms with E-state index in [0.29, 0.717) is 12.6 Å². The number of methoxy groups -OCH3 is 1. The van der Waals surface area contributed by atoms with Crippen LogP contribution in [0.3, 0.4) is 0 Å². The van der Waals surface area contributed by atoms with Crippen LogP contribution in [0.5, 0.6) is 5.75 Å². The first-order valence-corrected chi connectivity index (χ1v) is 10.5.